The largest absolute Gasteiger partial charge is 0.399 e. The Morgan fingerprint density at radius 2 is 2.05 bits per heavy atom. The number of hydrogen-bond acceptors (Lipinski definition) is 3. The molecule has 0 amide bonds. The predicted octanol–water partition coefficient (Wildman–Crippen LogP) is 3.42. The Morgan fingerprint density at radius 1 is 1.32 bits per heavy atom. The Labute approximate surface area is 117 Å². The quantitative estimate of drug-likeness (QED) is 0.603. The van der Waals surface area contributed by atoms with Crippen molar-refractivity contribution in [3.05, 3.63) is 29.8 Å². The van der Waals surface area contributed by atoms with Gasteiger partial charge in [0.1, 0.15) is 0 Å². The van der Waals surface area contributed by atoms with Crippen molar-refractivity contribution >= 4 is 5.69 Å². The van der Waals surface area contributed by atoms with Gasteiger partial charge >= 0.3 is 0 Å². The standard InChI is InChI=1S/C16H25N3/c1-16(2,13-17)9-4-5-10-19(3)12-14-7-6-8-15(18)11-14/h6-8,11H,4-5,9-10,12,18H2,1-3H3. The molecule has 3 nitrogen and oxygen atoms in total. The number of nitrogen functional groups attached to an aromatic ring is 1. The third-order valence-corrected chi connectivity index (χ3v) is 3.30. The highest BCUT2D eigenvalue weighted by molar-refractivity contribution is 5.40. The van der Waals surface area contributed by atoms with Gasteiger partial charge in [0, 0.05) is 12.2 Å². The molecular formula is C16H25N3. The van der Waals surface area contributed by atoms with Crippen molar-refractivity contribution in [1.82, 2.24) is 4.90 Å². The number of rotatable bonds is 7. The first-order valence-electron chi connectivity index (χ1n) is 6.87. The number of nitrogens with zero attached hydrogens (tertiary/aromatic N) is 2. The maximum absolute atomic E-state index is 8.95. The van der Waals surface area contributed by atoms with E-state index in [9.17, 15) is 0 Å². The van der Waals surface area contributed by atoms with E-state index in [0.29, 0.717) is 0 Å². The second-order valence-corrected chi connectivity index (χ2v) is 5.94. The van der Waals surface area contributed by atoms with Gasteiger partial charge in [0.25, 0.3) is 0 Å². The zero-order chi connectivity index (χ0) is 14.3. The van der Waals surface area contributed by atoms with E-state index in [1.54, 1.807) is 0 Å². The fraction of sp³-hybridized carbons (Fsp3) is 0.562. The lowest BCUT2D eigenvalue weighted by atomic mass is 9.89. The van der Waals surface area contributed by atoms with Crippen molar-refractivity contribution in [2.24, 2.45) is 5.41 Å². The molecule has 0 unspecified atom stereocenters. The highest BCUT2D eigenvalue weighted by atomic mass is 15.1. The van der Waals surface area contributed by atoms with Gasteiger partial charge in [-0.25, -0.2) is 0 Å². The molecule has 2 N–H and O–H groups in total. The lowest BCUT2D eigenvalue weighted by Crippen LogP contribution is -2.19. The van der Waals surface area contributed by atoms with Crippen LogP contribution in [-0.2, 0) is 6.54 Å². The van der Waals surface area contributed by atoms with Crippen LogP contribution in [0.1, 0.15) is 38.7 Å². The Bertz CT molecular complexity index is 432. The first-order chi connectivity index (χ1) is 8.93. The highest BCUT2D eigenvalue weighted by Crippen LogP contribution is 2.21. The molecule has 0 atom stereocenters. The normalized spacial score (nSPS) is 11.5. The van der Waals surface area contributed by atoms with Gasteiger partial charge in [0.05, 0.1) is 11.5 Å². The van der Waals surface area contributed by atoms with Crippen molar-refractivity contribution in [2.45, 2.75) is 39.7 Å². The van der Waals surface area contributed by atoms with Crippen molar-refractivity contribution < 1.29 is 0 Å². The molecule has 1 aromatic carbocycles. The lowest BCUT2D eigenvalue weighted by molar-refractivity contribution is 0.307. The molecule has 0 fully saturated rings. The molecule has 0 bridgehead atoms. The summed E-state index contributed by atoms with van der Waals surface area (Å²) in [6.45, 7) is 5.98. The number of unbranched alkanes of at least 4 members (excludes halogenated alkanes) is 1. The van der Waals surface area contributed by atoms with E-state index in [4.69, 9.17) is 11.0 Å². The van der Waals surface area contributed by atoms with Crippen LogP contribution in [0.3, 0.4) is 0 Å². The summed E-state index contributed by atoms with van der Waals surface area (Å²) in [6.07, 6.45) is 3.20. The van der Waals surface area contributed by atoms with Crippen LogP contribution in [0.25, 0.3) is 0 Å². The van der Waals surface area contributed by atoms with Crippen LogP contribution in [-0.4, -0.2) is 18.5 Å². The van der Waals surface area contributed by atoms with Gasteiger partial charge in [-0.2, -0.15) is 5.26 Å². The SMILES string of the molecule is CN(CCCCC(C)(C)C#N)Cc1cccc(N)c1. The minimum atomic E-state index is -0.188. The zero-order valence-corrected chi connectivity index (χ0v) is 12.3. The van der Waals surface area contributed by atoms with E-state index in [-0.39, 0.29) is 5.41 Å². The third kappa shape index (κ3) is 6.26. The van der Waals surface area contributed by atoms with E-state index in [1.165, 1.54) is 5.56 Å². The van der Waals surface area contributed by atoms with Gasteiger partial charge in [-0.3, -0.25) is 0 Å². The predicted molar refractivity (Wildman–Crippen MR) is 80.4 cm³/mol. The van der Waals surface area contributed by atoms with Crippen LogP contribution in [0.15, 0.2) is 24.3 Å². The summed E-state index contributed by atoms with van der Waals surface area (Å²) in [5, 5.41) is 8.95. The van der Waals surface area contributed by atoms with E-state index in [0.717, 1.165) is 38.0 Å². The highest BCUT2D eigenvalue weighted by Gasteiger charge is 2.15. The van der Waals surface area contributed by atoms with Gasteiger partial charge in [-0.05, 0) is 58.0 Å². The minimum Gasteiger partial charge on any atom is -0.399 e. The van der Waals surface area contributed by atoms with Crippen LogP contribution < -0.4 is 5.73 Å². The van der Waals surface area contributed by atoms with Gasteiger partial charge in [0.2, 0.25) is 0 Å². The van der Waals surface area contributed by atoms with Crippen LogP contribution in [0, 0.1) is 16.7 Å². The van der Waals surface area contributed by atoms with Crippen molar-refractivity contribution in [2.75, 3.05) is 19.3 Å². The molecular weight excluding hydrogens is 234 g/mol. The summed E-state index contributed by atoms with van der Waals surface area (Å²) in [6, 6.07) is 10.4. The molecule has 104 valence electrons. The fourth-order valence-electron chi connectivity index (χ4n) is 2.09. The number of nitriles is 1. The van der Waals surface area contributed by atoms with E-state index >= 15 is 0 Å². The number of nitrogens with two attached hydrogens (primary N) is 1. The second kappa shape index (κ2) is 7.16. The molecule has 0 aromatic heterocycles. The monoisotopic (exact) mass is 259 g/mol. The van der Waals surface area contributed by atoms with Crippen LogP contribution in [0.2, 0.25) is 0 Å². The van der Waals surface area contributed by atoms with E-state index in [1.807, 2.05) is 32.0 Å². The lowest BCUT2D eigenvalue weighted by Gasteiger charge is -2.19. The van der Waals surface area contributed by atoms with Crippen molar-refractivity contribution in [3.63, 3.8) is 0 Å². The average molecular weight is 259 g/mol. The first-order valence-corrected chi connectivity index (χ1v) is 6.87. The van der Waals surface area contributed by atoms with Gasteiger partial charge in [-0.15, -0.1) is 0 Å². The molecule has 0 saturated heterocycles. The minimum absolute atomic E-state index is 0.188. The Kier molecular flexibility index (Phi) is 5.85. The van der Waals surface area contributed by atoms with Crippen molar-refractivity contribution in [3.8, 4) is 6.07 Å². The number of hydrogen-bond donors (Lipinski definition) is 1. The summed E-state index contributed by atoms with van der Waals surface area (Å²) in [4.78, 5) is 2.30. The summed E-state index contributed by atoms with van der Waals surface area (Å²) >= 11 is 0. The maximum Gasteiger partial charge on any atom is 0.0683 e. The topological polar surface area (TPSA) is 53.0 Å². The van der Waals surface area contributed by atoms with Crippen LogP contribution in [0.4, 0.5) is 5.69 Å². The van der Waals surface area contributed by atoms with Crippen LogP contribution in [0.5, 0.6) is 0 Å². The Morgan fingerprint density at radius 3 is 2.68 bits per heavy atom. The number of anilines is 1. The Hall–Kier alpha value is -1.53. The Balaban J connectivity index is 2.25. The molecule has 0 aliphatic heterocycles. The molecule has 0 aliphatic carbocycles. The molecule has 1 rings (SSSR count). The molecule has 19 heavy (non-hydrogen) atoms. The maximum atomic E-state index is 8.95. The molecule has 0 heterocycles. The van der Waals surface area contributed by atoms with E-state index in [2.05, 4.69) is 24.1 Å². The third-order valence-electron chi connectivity index (χ3n) is 3.30. The van der Waals surface area contributed by atoms with E-state index < -0.39 is 0 Å². The summed E-state index contributed by atoms with van der Waals surface area (Å²) < 4.78 is 0. The van der Waals surface area contributed by atoms with Crippen molar-refractivity contribution in [1.29, 1.82) is 5.26 Å². The summed E-state index contributed by atoms with van der Waals surface area (Å²) in [7, 11) is 2.12. The van der Waals surface area contributed by atoms with Gasteiger partial charge < -0.3 is 10.6 Å². The zero-order valence-electron chi connectivity index (χ0n) is 12.3. The molecule has 3 heteroatoms. The summed E-state index contributed by atoms with van der Waals surface area (Å²) in [5.41, 5.74) is 7.65. The first kappa shape index (κ1) is 15.5. The number of benzene rings is 1. The molecule has 0 radical (unpaired) electrons. The molecule has 0 spiro atoms. The van der Waals surface area contributed by atoms with Gasteiger partial charge in [0.15, 0.2) is 0 Å². The van der Waals surface area contributed by atoms with Crippen LogP contribution >= 0.6 is 0 Å². The second-order valence-electron chi connectivity index (χ2n) is 5.94. The molecule has 1 aromatic rings. The molecule has 0 aliphatic rings. The molecule has 0 saturated carbocycles. The average Bonchev–Trinajstić information content (AvgIpc) is 2.35. The fourth-order valence-corrected chi connectivity index (χ4v) is 2.09. The summed E-state index contributed by atoms with van der Waals surface area (Å²) in [5.74, 6) is 0. The van der Waals surface area contributed by atoms with Gasteiger partial charge in [-0.1, -0.05) is 18.6 Å². The smallest absolute Gasteiger partial charge is 0.0683 e.